The maximum absolute atomic E-state index is 5.97. The van der Waals surface area contributed by atoms with Crippen LogP contribution in [-0.2, 0) is 26.4 Å². The molecule has 0 bridgehead atoms. The SMILES string of the molecule is Cn1c(Cn2cncn2)nc2c1CCC(N)C2. The Morgan fingerprint density at radius 2 is 2.41 bits per heavy atom. The van der Waals surface area contributed by atoms with Gasteiger partial charge in [0, 0.05) is 25.2 Å². The lowest BCUT2D eigenvalue weighted by Crippen LogP contribution is -2.28. The summed E-state index contributed by atoms with van der Waals surface area (Å²) in [5.74, 6) is 1.02. The quantitative estimate of drug-likeness (QED) is 0.783. The zero-order valence-corrected chi connectivity index (χ0v) is 9.87. The van der Waals surface area contributed by atoms with Gasteiger partial charge < -0.3 is 10.3 Å². The topological polar surface area (TPSA) is 74.5 Å². The molecule has 0 fully saturated rings. The Morgan fingerprint density at radius 1 is 1.53 bits per heavy atom. The van der Waals surface area contributed by atoms with Gasteiger partial charge in [0.2, 0.25) is 0 Å². The van der Waals surface area contributed by atoms with E-state index in [0.29, 0.717) is 6.54 Å². The molecule has 3 rings (SSSR count). The second-order valence-corrected chi connectivity index (χ2v) is 4.58. The number of nitrogens with two attached hydrogens (primary N) is 1. The highest BCUT2D eigenvalue weighted by Gasteiger charge is 2.22. The predicted molar refractivity (Wildman–Crippen MR) is 62.3 cm³/mol. The van der Waals surface area contributed by atoms with E-state index in [4.69, 9.17) is 5.73 Å². The first-order valence-corrected chi connectivity index (χ1v) is 5.85. The molecule has 2 aromatic heterocycles. The van der Waals surface area contributed by atoms with Gasteiger partial charge in [0.15, 0.2) is 0 Å². The third kappa shape index (κ3) is 1.84. The second kappa shape index (κ2) is 3.96. The van der Waals surface area contributed by atoms with Gasteiger partial charge in [-0.1, -0.05) is 0 Å². The summed E-state index contributed by atoms with van der Waals surface area (Å²) in [6.45, 7) is 0.665. The van der Waals surface area contributed by atoms with E-state index >= 15 is 0 Å². The molecule has 2 aromatic rings. The van der Waals surface area contributed by atoms with Gasteiger partial charge >= 0.3 is 0 Å². The molecule has 6 heteroatoms. The number of fused-ring (bicyclic) bond motifs is 1. The summed E-state index contributed by atoms with van der Waals surface area (Å²) in [7, 11) is 2.06. The van der Waals surface area contributed by atoms with Crippen molar-refractivity contribution < 1.29 is 0 Å². The van der Waals surface area contributed by atoms with Crippen LogP contribution in [0.4, 0.5) is 0 Å². The molecule has 0 saturated heterocycles. The molecule has 6 nitrogen and oxygen atoms in total. The van der Waals surface area contributed by atoms with E-state index in [2.05, 4.69) is 26.7 Å². The van der Waals surface area contributed by atoms with Crippen LogP contribution >= 0.6 is 0 Å². The standard InChI is InChI=1S/C11H16N6/c1-16-10-3-2-8(12)4-9(10)15-11(16)5-17-7-13-6-14-17/h6-8H,2-5,12H2,1H3. The van der Waals surface area contributed by atoms with E-state index in [1.54, 1.807) is 17.3 Å². The first kappa shape index (κ1) is 10.5. The highest BCUT2D eigenvalue weighted by atomic mass is 15.3. The van der Waals surface area contributed by atoms with Gasteiger partial charge in [0.1, 0.15) is 25.0 Å². The van der Waals surface area contributed by atoms with Crippen LogP contribution in [0.15, 0.2) is 12.7 Å². The van der Waals surface area contributed by atoms with Gasteiger partial charge in [-0.3, -0.25) is 0 Å². The molecule has 2 heterocycles. The van der Waals surface area contributed by atoms with E-state index in [1.807, 2.05) is 0 Å². The van der Waals surface area contributed by atoms with Crippen LogP contribution in [0.1, 0.15) is 23.6 Å². The van der Waals surface area contributed by atoms with Gasteiger partial charge in [-0.25, -0.2) is 14.6 Å². The van der Waals surface area contributed by atoms with Crippen molar-refractivity contribution in [3.05, 3.63) is 29.9 Å². The van der Waals surface area contributed by atoms with Crippen LogP contribution in [-0.4, -0.2) is 30.4 Å². The van der Waals surface area contributed by atoms with Crippen LogP contribution in [0.5, 0.6) is 0 Å². The fraction of sp³-hybridized carbons (Fsp3) is 0.545. The fourth-order valence-electron chi connectivity index (χ4n) is 2.39. The van der Waals surface area contributed by atoms with Crippen LogP contribution in [0.2, 0.25) is 0 Å². The average Bonchev–Trinajstić information content (AvgIpc) is 2.89. The molecule has 0 radical (unpaired) electrons. The van der Waals surface area contributed by atoms with Crippen LogP contribution in [0, 0.1) is 0 Å². The lowest BCUT2D eigenvalue weighted by molar-refractivity contribution is 0.552. The maximum atomic E-state index is 5.97. The summed E-state index contributed by atoms with van der Waals surface area (Å²) in [5, 5.41) is 4.10. The molecule has 90 valence electrons. The molecule has 0 aliphatic heterocycles. The molecule has 1 aliphatic carbocycles. The summed E-state index contributed by atoms with van der Waals surface area (Å²) in [6, 6.07) is 0.261. The zero-order valence-electron chi connectivity index (χ0n) is 9.87. The Bertz CT molecular complexity index is 512. The lowest BCUT2D eigenvalue weighted by atomic mass is 9.97. The number of rotatable bonds is 2. The summed E-state index contributed by atoms with van der Waals surface area (Å²) in [6.07, 6.45) is 6.21. The van der Waals surface area contributed by atoms with Crippen LogP contribution < -0.4 is 5.73 Å². The molecule has 1 atom stereocenters. The highest BCUT2D eigenvalue weighted by molar-refractivity contribution is 5.21. The molecule has 0 spiro atoms. The highest BCUT2D eigenvalue weighted by Crippen LogP contribution is 2.21. The Balaban J connectivity index is 1.91. The monoisotopic (exact) mass is 232 g/mol. The number of aromatic nitrogens is 5. The van der Waals surface area contributed by atoms with Crippen molar-refractivity contribution in [1.29, 1.82) is 0 Å². The van der Waals surface area contributed by atoms with E-state index in [1.165, 1.54) is 5.69 Å². The Labute approximate surface area is 99.5 Å². The van der Waals surface area contributed by atoms with Gasteiger partial charge in [-0.05, 0) is 12.8 Å². The van der Waals surface area contributed by atoms with E-state index in [0.717, 1.165) is 30.8 Å². The zero-order chi connectivity index (χ0) is 11.8. The van der Waals surface area contributed by atoms with Gasteiger partial charge in [-0.15, -0.1) is 0 Å². The van der Waals surface area contributed by atoms with Crippen molar-refractivity contribution in [3.63, 3.8) is 0 Å². The third-order valence-electron chi connectivity index (χ3n) is 3.37. The summed E-state index contributed by atoms with van der Waals surface area (Å²) < 4.78 is 3.95. The minimum absolute atomic E-state index is 0.261. The summed E-state index contributed by atoms with van der Waals surface area (Å²) in [4.78, 5) is 8.61. The van der Waals surface area contributed by atoms with Crippen molar-refractivity contribution in [2.24, 2.45) is 12.8 Å². The Morgan fingerprint density at radius 3 is 3.18 bits per heavy atom. The molecule has 0 amide bonds. The first-order valence-electron chi connectivity index (χ1n) is 5.85. The van der Waals surface area contributed by atoms with Crippen molar-refractivity contribution in [3.8, 4) is 0 Å². The predicted octanol–water partition coefficient (Wildman–Crippen LogP) is -0.124. The molecule has 1 unspecified atom stereocenters. The molecule has 0 aromatic carbocycles. The minimum atomic E-state index is 0.261. The van der Waals surface area contributed by atoms with Gasteiger partial charge in [0.05, 0.1) is 5.69 Å². The van der Waals surface area contributed by atoms with E-state index in [-0.39, 0.29) is 6.04 Å². The molecule has 1 aliphatic rings. The summed E-state index contributed by atoms with van der Waals surface area (Å²) >= 11 is 0. The Hall–Kier alpha value is -1.69. The van der Waals surface area contributed by atoms with Crippen molar-refractivity contribution >= 4 is 0 Å². The van der Waals surface area contributed by atoms with Crippen molar-refractivity contribution in [2.75, 3.05) is 0 Å². The number of hydrogen-bond donors (Lipinski definition) is 1. The smallest absolute Gasteiger partial charge is 0.137 e. The van der Waals surface area contributed by atoms with Gasteiger partial charge in [0.25, 0.3) is 0 Å². The number of hydrogen-bond acceptors (Lipinski definition) is 4. The molecule has 0 saturated carbocycles. The molecular weight excluding hydrogens is 216 g/mol. The van der Waals surface area contributed by atoms with Crippen molar-refractivity contribution in [2.45, 2.75) is 31.8 Å². The summed E-state index contributed by atoms with van der Waals surface area (Å²) in [5.41, 5.74) is 8.44. The minimum Gasteiger partial charge on any atom is -0.333 e. The molecule has 2 N–H and O–H groups in total. The van der Waals surface area contributed by atoms with E-state index < -0.39 is 0 Å². The third-order valence-corrected chi connectivity index (χ3v) is 3.37. The van der Waals surface area contributed by atoms with Crippen LogP contribution in [0.3, 0.4) is 0 Å². The van der Waals surface area contributed by atoms with Crippen LogP contribution in [0.25, 0.3) is 0 Å². The van der Waals surface area contributed by atoms with Gasteiger partial charge in [-0.2, -0.15) is 5.10 Å². The fourth-order valence-corrected chi connectivity index (χ4v) is 2.39. The number of imidazole rings is 1. The van der Waals surface area contributed by atoms with E-state index in [9.17, 15) is 0 Å². The molecular formula is C11H16N6. The number of nitrogens with zero attached hydrogens (tertiary/aromatic N) is 5. The average molecular weight is 232 g/mol. The Kier molecular flexibility index (Phi) is 2.44. The first-order chi connectivity index (χ1) is 8.24. The second-order valence-electron chi connectivity index (χ2n) is 4.58. The molecule has 17 heavy (non-hydrogen) atoms. The van der Waals surface area contributed by atoms with Crippen molar-refractivity contribution in [1.82, 2.24) is 24.3 Å². The maximum Gasteiger partial charge on any atom is 0.137 e. The largest absolute Gasteiger partial charge is 0.333 e. The lowest BCUT2D eigenvalue weighted by Gasteiger charge is -2.17. The normalized spacial score (nSPS) is 19.3.